The Balaban J connectivity index is 2.06. The van der Waals surface area contributed by atoms with Crippen molar-refractivity contribution in [3.05, 3.63) is 29.0 Å². The molecule has 1 amide bonds. The van der Waals surface area contributed by atoms with Gasteiger partial charge in [-0.2, -0.15) is 0 Å². The molecule has 1 unspecified atom stereocenters. The second-order valence-electron chi connectivity index (χ2n) is 4.31. The van der Waals surface area contributed by atoms with Crippen LogP contribution in [0, 0.1) is 5.92 Å². The molecular formula is C12H15ClN2O2. The van der Waals surface area contributed by atoms with Crippen LogP contribution in [0.25, 0.3) is 0 Å². The first-order valence-electron chi connectivity index (χ1n) is 5.72. The summed E-state index contributed by atoms with van der Waals surface area (Å²) in [5.41, 5.74) is 0.549. The zero-order valence-electron chi connectivity index (χ0n) is 9.47. The summed E-state index contributed by atoms with van der Waals surface area (Å²) in [7, 11) is 0. The molecule has 17 heavy (non-hydrogen) atoms. The van der Waals surface area contributed by atoms with Gasteiger partial charge in [-0.05, 0) is 30.9 Å². The van der Waals surface area contributed by atoms with Gasteiger partial charge in [-0.15, -0.1) is 0 Å². The second-order valence-corrected chi connectivity index (χ2v) is 4.70. The van der Waals surface area contributed by atoms with Crippen molar-refractivity contribution in [1.82, 2.24) is 9.88 Å². The molecule has 1 atom stereocenters. The van der Waals surface area contributed by atoms with E-state index in [1.54, 1.807) is 17.0 Å². The van der Waals surface area contributed by atoms with Crippen molar-refractivity contribution in [3.8, 4) is 0 Å². The van der Waals surface area contributed by atoms with Crippen molar-refractivity contribution >= 4 is 17.5 Å². The summed E-state index contributed by atoms with van der Waals surface area (Å²) >= 11 is 5.68. The van der Waals surface area contributed by atoms with E-state index in [1.807, 2.05) is 0 Å². The predicted molar refractivity (Wildman–Crippen MR) is 65.0 cm³/mol. The van der Waals surface area contributed by atoms with Gasteiger partial charge in [0.1, 0.15) is 5.15 Å². The Morgan fingerprint density at radius 1 is 1.59 bits per heavy atom. The first kappa shape index (κ1) is 12.3. The van der Waals surface area contributed by atoms with Gasteiger partial charge in [-0.1, -0.05) is 11.6 Å². The molecule has 0 aliphatic carbocycles. The quantitative estimate of drug-likeness (QED) is 0.816. The number of piperidine rings is 1. The van der Waals surface area contributed by atoms with E-state index < -0.39 is 0 Å². The fourth-order valence-electron chi connectivity index (χ4n) is 2.08. The first-order chi connectivity index (χ1) is 8.20. The molecule has 5 heteroatoms. The summed E-state index contributed by atoms with van der Waals surface area (Å²) < 4.78 is 0. The average molecular weight is 255 g/mol. The summed E-state index contributed by atoms with van der Waals surface area (Å²) in [5, 5.41) is 9.51. The number of amides is 1. The lowest BCUT2D eigenvalue weighted by atomic mass is 9.98. The normalized spacial score (nSPS) is 20.4. The molecule has 2 rings (SSSR count). The van der Waals surface area contributed by atoms with Crippen LogP contribution in [0.5, 0.6) is 0 Å². The molecule has 1 N–H and O–H groups in total. The lowest BCUT2D eigenvalue weighted by molar-refractivity contribution is 0.0620. The van der Waals surface area contributed by atoms with E-state index in [9.17, 15) is 4.79 Å². The van der Waals surface area contributed by atoms with Crippen molar-refractivity contribution < 1.29 is 9.90 Å². The summed E-state index contributed by atoms with van der Waals surface area (Å²) in [5.74, 6) is 0.167. The summed E-state index contributed by atoms with van der Waals surface area (Å²) in [6.07, 6.45) is 3.42. The van der Waals surface area contributed by atoms with Gasteiger partial charge in [0.25, 0.3) is 5.91 Å². The number of aliphatic hydroxyl groups excluding tert-OH is 1. The Labute approximate surface area is 105 Å². The maximum atomic E-state index is 12.1. The molecule has 0 spiro atoms. The highest BCUT2D eigenvalue weighted by Crippen LogP contribution is 2.18. The van der Waals surface area contributed by atoms with Crippen LogP contribution in [0.3, 0.4) is 0 Å². The van der Waals surface area contributed by atoms with Crippen LogP contribution in [0.15, 0.2) is 18.3 Å². The van der Waals surface area contributed by atoms with Crippen molar-refractivity contribution in [3.63, 3.8) is 0 Å². The molecule has 1 saturated heterocycles. The number of aliphatic hydroxyl groups is 1. The van der Waals surface area contributed by atoms with Gasteiger partial charge in [0.15, 0.2) is 0 Å². The van der Waals surface area contributed by atoms with E-state index in [1.165, 1.54) is 6.20 Å². The summed E-state index contributed by atoms with van der Waals surface area (Å²) in [6.45, 7) is 1.51. The lowest BCUT2D eigenvalue weighted by Gasteiger charge is -2.31. The third-order valence-electron chi connectivity index (χ3n) is 3.04. The van der Waals surface area contributed by atoms with Crippen molar-refractivity contribution in [1.29, 1.82) is 0 Å². The van der Waals surface area contributed by atoms with Crippen molar-refractivity contribution in [2.24, 2.45) is 5.92 Å². The molecule has 4 nitrogen and oxygen atoms in total. The Bertz CT molecular complexity index is 394. The van der Waals surface area contributed by atoms with Gasteiger partial charge < -0.3 is 10.0 Å². The number of likely N-dealkylation sites (tertiary alicyclic amines) is 1. The fraction of sp³-hybridized carbons (Fsp3) is 0.500. The van der Waals surface area contributed by atoms with Gasteiger partial charge in [-0.3, -0.25) is 4.79 Å². The van der Waals surface area contributed by atoms with Crippen LogP contribution in [0.4, 0.5) is 0 Å². The number of nitrogens with zero attached hydrogens (tertiary/aromatic N) is 2. The predicted octanol–water partition coefficient (Wildman–Crippen LogP) is 1.58. The molecular weight excluding hydrogens is 240 g/mol. The number of aromatic nitrogens is 1. The van der Waals surface area contributed by atoms with Gasteiger partial charge in [0.2, 0.25) is 0 Å². The molecule has 1 aromatic rings. The van der Waals surface area contributed by atoms with E-state index in [0.717, 1.165) is 19.4 Å². The van der Waals surface area contributed by atoms with E-state index in [0.29, 0.717) is 17.3 Å². The van der Waals surface area contributed by atoms with Crippen LogP contribution < -0.4 is 0 Å². The maximum absolute atomic E-state index is 12.1. The standard InChI is InChI=1S/C12H15ClN2O2/c13-11-4-3-10(6-14-11)12(17)15-5-1-2-9(7-15)8-16/h3-4,6,9,16H,1-2,5,7-8H2. The minimum atomic E-state index is -0.0349. The number of carbonyl (C=O) groups excluding carboxylic acids is 1. The number of pyridine rings is 1. The molecule has 2 heterocycles. The third kappa shape index (κ3) is 2.96. The van der Waals surface area contributed by atoms with Crippen LogP contribution in [0.1, 0.15) is 23.2 Å². The highest BCUT2D eigenvalue weighted by Gasteiger charge is 2.23. The largest absolute Gasteiger partial charge is 0.396 e. The molecule has 92 valence electrons. The second kappa shape index (κ2) is 5.47. The zero-order valence-corrected chi connectivity index (χ0v) is 10.2. The Morgan fingerprint density at radius 3 is 3.06 bits per heavy atom. The van der Waals surface area contributed by atoms with Crippen molar-refractivity contribution in [2.75, 3.05) is 19.7 Å². The number of hydrogen-bond acceptors (Lipinski definition) is 3. The lowest BCUT2D eigenvalue weighted by Crippen LogP contribution is -2.40. The van der Waals surface area contributed by atoms with E-state index in [2.05, 4.69) is 4.98 Å². The first-order valence-corrected chi connectivity index (χ1v) is 6.10. The van der Waals surface area contributed by atoms with Crippen LogP contribution >= 0.6 is 11.6 Å². The molecule has 0 bridgehead atoms. The smallest absolute Gasteiger partial charge is 0.255 e. The van der Waals surface area contributed by atoms with Gasteiger partial charge in [0.05, 0.1) is 5.56 Å². The van der Waals surface area contributed by atoms with Gasteiger partial charge >= 0.3 is 0 Å². The Kier molecular flexibility index (Phi) is 3.97. The molecule has 0 saturated carbocycles. The number of halogens is 1. The third-order valence-corrected chi connectivity index (χ3v) is 3.26. The SMILES string of the molecule is O=C(c1ccc(Cl)nc1)N1CCCC(CO)C1. The molecule has 1 aromatic heterocycles. The molecule has 1 aliphatic heterocycles. The number of rotatable bonds is 2. The van der Waals surface area contributed by atoms with Gasteiger partial charge in [-0.25, -0.2) is 4.98 Å². The number of carbonyl (C=O) groups is 1. The molecule has 0 radical (unpaired) electrons. The van der Waals surface area contributed by atoms with E-state index in [-0.39, 0.29) is 18.4 Å². The highest BCUT2D eigenvalue weighted by atomic mass is 35.5. The molecule has 1 aliphatic rings. The zero-order chi connectivity index (χ0) is 12.3. The monoisotopic (exact) mass is 254 g/mol. The van der Waals surface area contributed by atoms with E-state index in [4.69, 9.17) is 16.7 Å². The highest BCUT2D eigenvalue weighted by molar-refractivity contribution is 6.29. The molecule has 0 aromatic carbocycles. The Hall–Kier alpha value is -1.13. The number of hydrogen-bond donors (Lipinski definition) is 1. The van der Waals surface area contributed by atoms with Gasteiger partial charge in [0, 0.05) is 25.9 Å². The summed E-state index contributed by atoms with van der Waals surface area (Å²) in [6, 6.07) is 3.29. The van der Waals surface area contributed by atoms with E-state index >= 15 is 0 Å². The minimum absolute atomic E-state index is 0.0349. The van der Waals surface area contributed by atoms with Crippen LogP contribution in [-0.2, 0) is 0 Å². The fourth-order valence-corrected chi connectivity index (χ4v) is 2.20. The van der Waals surface area contributed by atoms with Crippen LogP contribution in [0.2, 0.25) is 5.15 Å². The molecule has 1 fully saturated rings. The average Bonchev–Trinajstić information content (AvgIpc) is 2.39. The van der Waals surface area contributed by atoms with Crippen LogP contribution in [-0.4, -0.2) is 40.6 Å². The Morgan fingerprint density at radius 2 is 2.41 bits per heavy atom. The minimum Gasteiger partial charge on any atom is -0.396 e. The topological polar surface area (TPSA) is 53.4 Å². The summed E-state index contributed by atoms with van der Waals surface area (Å²) in [4.78, 5) is 17.8. The maximum Gasteiger partial charge on any atom is 0.255 e. The van der Waals surface area contributed by atoms with Crippen molar-refractivity contribution in [2.45, 2.75) is 12.8 Å².